The molecule has 3 aromatic carbocycles. The number of carbonyl (C=O) groups excluding carboxylic acids is 3. The molecule has 1 aliphatic rings. The predicted molar refractivity (Wildman–Crippen MR) is 137 cm³/mol. The number of para-hydroxylation sites is 1. The maximum Gasteiger partial charge on any atom is 0.283 e. The van der Waals surface area contributed by atoms with Gasteiger partial charge in [0.1, 0.15) is 16.5 Å². The zero-order chi connectivity index (χ0) is 24.9. The lowest BCUT2D eigenvalue weighted by molar-refractivity contribution is -0.120. The molecule has 0 unspecified atom stereocenters. The summed E-state index contributed by atoms with van der Waals surface area (Å²) in [4.78, 5) is 39.1. The Bertz CT molecular complexity index is 1300. The van der Waals surface area contributed by atoms with Gasteiger partial charge in [0.15, 0.2) is 0 Å². The van der Waals surface area contributed by atoms with Crippen molar-refractivity contribution in [1.29, 1.82) is 0 Å². The number of halogens is 1. The zero-order valence-corrected chi connectivity index (χ0v) is 20.1. The second kappa shape index (κ2) is 10.4. The van der Waals surface area contributed by atoms with Gasteiger partial charge in [0.05, 0.1) is 18.7 Å². The first kappa shape index (κ1) is 24.0. The maximum atomic E-state index is 13.0. The molecule has 0 spiro atoms. The molecule has 1 heterocycles. The monoisotopic (exact) mass is 489 g/mol. The Morgan fingerprint density at radius 3 is 2.29 bits per heavy atom. The lowest BCUT2D eigenvalue weighted by Gasteiger charge is -2.15. The highest BCUT2D eigenvalue weighted by Crippen LogP contribution is 2.31. The first-order valence-corrected chi connectivity index (χ1v) is 11.5. The SMILES string of the molecule is CCOc1ccc(N2C(=O)C(Cl)=C(Nc3ccc(CC(=O)Nc4ccccc4C)cc3)C2=O)cc1. The molecule has 178 valence electrons. The van der Waals surface area contributed by atoms with Crippen LogP contribution in [0, 0.1) is 6.92 Å². The summed E-state index contributed by atoms with van der Waals surface area (Å²) in [5.41, 5.74) is 3.52. The molecule has 0 fully saturated rings. The Labute approximate surface area is 208 Å². The van der Waals surface area contributed by atoms with Gasteiger partial charge in [-0.1, -0.05) is 41.9 Å². The van der Waals surface area contributed by atoms with E-state index in [0.29, 0.717) is 23.7 Å². The van der Waals surface area contributed by atoms with Crippen LogP contribution < -0.4 is 20.3 Å². The third kappa shape index (κ3) is 5.36. The normalized spacial score (nSPS) is 13.3. The van der Waals surface area contributed by atoms with Gasteiger partial charge in [0.25, 0.3) is 11.8 Å². The molecule has 0 saturated carbocycles. The summed E-state index contributed by atoms with van der Waals surface area (Å²) in [5, 5.41) is 5.66. The number of benzene rings is 3. The summed E-state index contributed by atoms with van der Waals surface area (Å²) < 4.78 is 5.40. The van der Waals surface area contributed by atoms with Gasteiger partial charge in [-0.05, 0) is 67.4 Å². The molecule has 0 atom stereocenters. The van der Waals surface area contributed by atoms with E-state index >= 15 is 0 Å². The van der Waals surface area contributed by atoms with E-state index in [9.17, 15) is 14.4 Å². The molecule has 0 radical (unpaired) electrons. The topological polar surface area (TPSA) is 87.7 Å². The van der Waals surface area contributed by atoms with Crippen molar-refractivity contribution in [3.05, 3.63) is 94.7 Å². The van der Waals surface area contributed by atoms with E-state index in [4.69, 9.17) is 16.3 Å². The summed E-state index contributed by atoms with van der Waals surface area (Å²) in [5.74, 6) is -0.646. The zero-order valence-electron chi connectivity index (χ0n) is 19.3. The van der Waals surface area contributed by atoms with E-state index in [0.717, 1.165) is 21.7 Å². The van der Waals surface area contributed by atoms with Crippen molar-refractivity contribution in [2.75, 3.05) is 22.1 Å². The van der Waals surface area contributed by atoms with Crippen molar-refractivity contribution in [3.63, 3.8) is 0 Å². The van der Waals surface area contributed by atoms with Gasteiger partial charge in [-0.3, -0.25) is 14.4 Å². The van der Waals surface area contributed by atoms with Gasteiger partial charge < -0.3 is 15.4 Å². The van der Waals surface area contributed by atoms with Crippen LogP contribution in [0.15, 0.2) is 83.5 Å². The van der Waals surface area contributed by atoms with Crippen LogP contribution >= 0.6 is 11.6 Å². The van der Waals surface area contributed by atoms with Crippen LogP contribution in [-0.2, 0) is 20.8 Å². The third-order valence-electron chi connectivity index (χ3n) is 5.44. The van der Waals surface area contributed by atoms with Crippen LogP contribution in [0.5, 0.6) is 5.75 Å². The van der Waals surface area contributed by atoms with Gasteiger partial charge in [-0.25, -0.2) is 4.90 Å². The fourth-order valence-electron chi connectivity index (χ4n) is 3.65. The smallest absolute Gasteiger partial charge is 0.283 e. The summed E-state index contributed by atoms with van der Waals surface area (Å²) in [6.45, 7) is 4.32. The number of anilines is 3. The van der Waals surface area contributed by atoms with E-state index in [1.165, 1.54) is 0 Å². The fourth-order valence-corrected chi connectivity index (χ4v) is 3.86. The number of carbonyl (C=O) groups is 3. The van der Waals surface area contributed by atoms with Gasteiger partial charge in [0, 0.05) is 11.4 Å². The molecule has 3 aromatic rings. The summed E-state index contributed by atoms with van der Waals surface area (Å²) in [6, 6.07) is 21.2. The van der Waals surface area contributed by atoms with Gasteiger partial charge in [-0.15, -0.1) is 0 Å². The van der Waals surface area contributed by atoms with Crippen molar-refractivity contribution in [2.45, 2.75) is 20.3 Å². The first-order chi connectivity index (χ1) is 16.9. The lowest BCUT2D eigenvalue weighted by Crippen LogP contribution is -2.32. The second-order valence-electron chi connectivity index (χ2n) is 7.92. The number of aryl methyl sites for hydroxylation is 1. The molecule has 3 amide bonds. The quantitative estimate of drug-likeness (QED) is 0.434. The summed E-state index contributed by atoms with van der Waals surface area (Å²) in [6.07, 6.45) is 0.195. The maximum absolute atomic E-state index is 13.0. The van der Waals surface area contributed by atoms with Crippen molar-refractivity contribution >= 4 is 46.4 Å². The van der Waals surface area contributed by atoms with Crippen LogP contribution in [0.3, 0.4) is 0 Å². The molecular formula is C27H24ClN3O4. The fraction of sp³-hybridized carbons (Fsp3) is 0.148. The molecule has 8 heteroatoms. The van der Waals surface area contributed by atoms with E-state index in [2.05, 4.69) is 10.6 Å². The Hall–Kier alpha value is -4.10. The number of hydrogen-bond donors (Lipinski definition) is 2. The Morgan fingerprint density at radius 1 is 0.943 bits per heavy atom. The summed E-state index contributed by atoms with van der Waals surface area (Å²) in [7, 11) is 0. The number of ether oxygens (including phenoxy) is 1. The average molecular weight is 490 g/mol. The molecule has 35 heavy (non-hydrogen) atoms. The number of amides is 3. The number of nitrogens with one attached hydrogen (secondary N) is 2. The highest BCUT2D eigenvalue weighted by Gasteiger charge is 2.38. The molecule has 0 aliphatic carbocycles. The minimum Gasteiger partial charge on any atom is -0.494 e. The molecule has 2 N–H and O–H groups in total. The van der Waals surface area contributed by atoms with Gasteiger partial charge >= 0.3 is 0 Å². The van der Waals surface area contributed by atoms with Gasteiger partial charge in [0.2, 0.25) is 5.91 Å². The van der Waals surface area contributed by atoms with E-state index in [1.54, 1.807) is 48.5 Å². The second-order valence-corrected chi connectivity index (χ2v) is 8.30. The standard InChI is InChI=1S/C27H24ClN3O4/c1-3-35-21-14-12-20(13-15-21)31-26(33)24(28)25(27(31)34)29-19-10-8-18(9-11-19)16-23(32)30-22-7-5-4-6-17(22)2/h4-15,29H,3,16H2,1-2H3,(H,30,32). The van der Waals surface area contributed by atoms with Crippen LogP contribution in [0.4, 0.5) is 17.1 Å². The van der Waals surface area contributed by atoms with Crippen LogP contribution in [0.2, 0.25) is 0 Å². The third-order valence-corrected chi connectivity index (χ3v) is 5.79. The molecule has 4 rings (SSSR count). The Morgan fingerprint density at radius 2 is 1.63 bits per heavy atom. The number of rotatable bonds is 8. The number of imide groups is 1. The number of hydrogen-bond acceptors (Lipinski definition) is 5. The lowest BCUT2D eigenvalue weighted by atomic mass is 10.1. The predicted octanol–water partition coefficient (Wildman–Crippen LogP) is 5.01. The van der Waals surface area contributed by atoms with Crippen LogP contribution in [0.25, 0.3) is 0 Å². The number of nitrogens with zero attached hydrogens (tertiary/aromatic N) is 1. The first-order valence-electron chi connectivity index (χ1n) is 11.1. The molecule has 0 aromatic heterocycles. The molecule has 1 aliphatic heterocycles. The van der Waals surface area contributed by atoms with Crippen molar-refractivity contribution < 1.29 is 19.1 Å². The minimum absolute atomic E-state index is 0.00408. The van der Waals surface area contributed by atoms with Crippen LogP contribution in [0.1, 0.15) is 18.1 Å². The molecular weight excluding hydrogens is 466 g/mol. The van der Waals surface area contributed by atoms with E-state index in [1.807, 2.05) is 38.1 Å². The molecule has 7 nitrogen and oxygen atoms in total. The summed E-state index contributed by atoms with van der Waals surface area (Å²) >= 11 is 6.22. The van der Waals surface area contributed by atoms with E-state index < -0.39 is 11.8 Å². The average Bonchev–Trinajstić information content (AvgIpc) is 3.05. The van der Waals surface area contributed by atoms with E-state index in [-0.39, 0.29) is 23.1 Å². The Kier molecular flexibility index (Phi) is 7.17. The Balaban J connectivity index is 1.41. The largest absolute Gasteiger partial charge is 0.494 e. The minimum atomic E-state index is -0.604. The molecule has 0 bridgehead atoms. The van der Waals surface area contributed by atoms with Crippen molar-refractivity contribution in [3.8, 4) is 5.75 Å². The highest BCUT2D eigenvalue weighted by atomic mass is 35.5. The van der Waals surface area contributed by atoms with Gasteiger partial charge in [-0.2, -0.15) is 0 Å². The van der Waals surface area contributed by atoms with Crippen LogP contribution in [-0.4, -0.2) is 24.3 Å². The highest BCUT2D eigenvalue weighted by molar-refractivity contribution is 6.53. The van der Waals surface area contributed by atoms with Crippen molar-refractivity contribution in [2.24, 2.45) is 0 Å². The van der Waals surface area contributed by atoms with Crippen molar-refractivity contribution in [1.82, 2.24) is 0 Å². The molecule has 0 saturated heterocycles.